The summed E-state index contributed by atoms with van der Waals surface area (Å²) >= 11 is 2.51. The van der Waals surface area contributed by atoms with Gasteiger partial charge < -0.3 is 10.2 Å². The van der Waals surface area contributed by atoms with Crippen LogP contribution in [-0.2, 0) is 19.4 Å². The first-order valence-electron chi connectivity index (χ1n) is 21.8. The number of aliphatic hydroxyl groups is 2. The molecule has 0 bridgehead atoms. The van der Waals surface area contributed by atoms with E-state index in [1.54, 1.807) is 0 Å². The van der Waals surface area contributed by atoms with Crippen molar-refractivity contribution in [2.75, 3.05) is 37.8 Å². The average Bonchev–Trinajstić information content (AvgIpc) is 3.89. The second-order valence-electron chi connectivity index (χ2n) is 19.4. The van der Waals surface area contributed by atoms with Gasteiger partial charge in [0.15, 0.2) is 0 Å². The Hall–Kier alpha value is -4.95. The Kier molecular flexibility index (Phi) is 12.4. The van der Waals surface area contributed by atoms with Gasteiger partial charge in [-0.2, -0.15) is 0 Å². The van der Waals surface area contributed by atoms with Crippen molar-refractivity contribution in [3.05, 3.63) is 146 Å². The summed E-state index contributed by atoms with van der Waals surface area (Å²) < 4.78 is 5.85. The number of hydrogen-bond acceptors (Lipinski definition) is 6. The topological polar surface area (TPSA) is 63.3 Å². The second-order valence-corrected chi connectivity index (χ2v) is 20.4. The Morgan fingerprint density at radius 1 is 0.508 bits per heavy atom. The van der Waals surface area contributed by atoms with Crippen LogP contribution in [-0.4, -0.2) is 87.3 Å². The Labute approximate surface area is 385 Å². The van der Waals surface area contributed by atoms with E-state index < -0.39 is 12.2 Å². The molecule has 2 aromatic heterocycles. The first kappa shape index (κ1) is 44.6. The predicted octanol–water partition coefficient (Wildman–Crippen LogP) is 10.0. The van der Waals surface area contributed by atoms with E-state index in [1.807, 2.05) is 41.5 Å². The maximum atomic E-state index is 9.76. The van der Waals surface area contributed by atoms with Gasteiger partial charge in [0.05, 0.1) is 12.2 Å². The van der Waals surface area contributed by atoms with Gasteiger partial charge in [-0.15, -0.1) is 0 Å². The maximum absolute atomic E-state index is 9.76. The molecule has 8 aromatic rings. The predicted molar refractivity (Wildman–Crippen MR) is 265 cm³/mol. The zero-order chi connectivity index (χ0) is 45.0. The Bertz CT molecular complexity index is 2590. The van der Waals surface area contributed by atoms with Crippen molar-refractivity contribution in [2.45, 2.75) is 60.2 Å². The van der Waals surface area contributed by atoms with E-state index in [1.165, 1.54) is 43.6 Å². The molecule has 2 unspecified atom stereocenters. The molecule has 0 radical (unpaired) electrons. The Balaban J connectivity index is 0.000000366. The molecule has 326 valence electrons. The van der Waals surface area contributed by atoms with Gasteiger partial charge in [-0.3, -0.25) is 0 Å². The van der Waals surface area contributed by atoms with Gasteiger partial charge in [0.2, 0.25) is 0 Å². The molecule has 1 saturated heterocycles. The fourth-order valence-corrected chi connectivity index (χ4v) is 10.0. The number of aromatic nitrogens is 2. The molecule has 0 saturated carbocycles. The summed E-state index contributed by atoms with van der Waals surface area (Å²) in [5, 5.41) is 24.6. The molecular formula is C52H59B2N6O2Pt-. The number of aliphatic hydroxyl groups excluding tert-OH is 2. The minimum atomic E-state index is -0.443. The molecule has 0 aliphatic carbocycles. The molecule has 63 heavy (non-hydrogen) atoms. The molecule has 6 aromatic carbocycles. The second kappa shape index (κ2) is 17.6. The van der Waals surface area contributed by atoms with E-state index in [0.29, 0.717) is 6.42 Å². The number of para-hydroxylation sites is 4. The third kappa shape index (κ3) is 8.45. The summed E-state index contributed by atoms with van der Waals surface area (Å²) in [5.74, 6) is 0. The van der Waals surface area contributed by atoms with Crippen molar-refractivity contribution >= 4 is 72.9 Å². The van der Waals surface area contributed by atoms with Crippen molar-refractivity contribution in [3.63, 3.8) is 0 Å². The van der Waals surface area contributed by atoms with Gasteiger partial charge in [-0.25, -0.2) is 0 Å². The summed E-state index contributed by atoms with van der Waals surface area (Å²) in [6.45, 7) is 12.0. The molecule has 9 rings (SSSR count). The van der Waals surface area contributed by atoms with E-state index in [0.717, 1.165) is 26.9 Å². The van der Waals surface area contributed by atoms with Crippen LogP contribution in [0.15, 0.2) is 140 Å². The van der Waals surface area contributed by atoms with Crippen LogP contribution in [0.4, 0.5) is 11.4 Å². The summed E-state index contributed by atoms with van der Waals surface area (Å²) in [4.78, 5) is 9.50. The van der Waals surface area contributed by atoms with Crippen LogP contribution in [0, 0.1) is 16.9 Å². The van der Waals surface area contributed by atoms with E-state index in [2.05, 4.69) is 222 Å². The van der Waals surface area contributed by atoms with E-state index in [9.17, 15) is 10.2 Å². The normalized spacial score (nSPS) is 14.8. The van der Waals surface area contributed by atoms with Gasteiger partial charge in [0.25, 0.3) is 0 Å². The molecule has 1 fully saturated rings. The van der Waals surface area contributed by atoms with Crippen LogP contribution < -0.4 is 9.62 Å². The molecule has 8 nitrogen and oxygen atoms in total. The van der Waals surface area contributed by atoms with Gasteiger partial charge in [0, 0.05) is 6.42 Å². The Morgan fingerprint density at radius 3 is 1.22 bits per heavy atom. The SMILES string of the molecule is CC(C)(C)C(O)CC(O)C(C)(C)C.CN(C)B1B(N(C)C)N(c2ccc(-n3c4ccccc4c4ccccc43)cc2)[C](=[Pt])N1c1[c-]cc(-n2c3ccccc3c3ccccc32)cc1. The number of nitrogens with zero attached hydrogens (tertiary/aromatic N) is 6. The molecule has 3 heterocycles. The fraction of sp³-hybridized carbons (Fsp3) is 0.288. The number of rotatable bonds is 8. The molecule has 2 N–H and O–H groups in total. The molecule has 1 aliphatic heterocycles. The third-order valence-electron chi connectivity index (χ3n) is 12.5. The monoisotopic (exact) mass is 1020 g/mol. The minimum absolute atomic E-state index is 0.0462. The number of benzene rings is 6. The van der Waals surface area contributed by atoms with Gasteiger partial charge in [-0.1, -0.05) is 41.5 Å². The standard InChI is InChI=1S/C41H35B2N6.C11H24O2.Pt/c1-44(2)42-43(45(3)4)47(31-23-27-33(28-24-31)49-40-19-11-7-15-36(40)37-16-8-12-20-41(37)49)29-46(42)30-21-25-32(26-22-30)48-38-17-9-5-13-34(38)35-14-6-10-18-39(35)48;1-10(2,3)8(12)7-9(13)11(4,5)6;/h5-23,25-28H,1-4H3;8-9,12-13H,7H2,1-6H3;/q-1;;. The number of hydrogen-bond donors (Lipinski definition) is 2. The summed E-state index contributed by atoms with van der Waals surface area (Å²) in [7, 11) is 8.67. The van der Waals surface area contributed by atoms with Gasteiger partial charge >= 0.3 is 306 Å². The molecular weight excluding hydrogens is 957 g/mol. The first-order valence-corrected chi connectivity index (χ1v) is 23.0. The third-order valence-corrected chi connectivity index (χ3v) is 13.6. The van der Waals surface area contributed by atoms with Gasteiger partial charge in [-0.05, 0) is 10.8 Å². The molecule has 1 aliphatic rings. The van der Waals surface area contributed by atoms with Crippen LogP contribution in [0.3, 0.4) is 0 Å². The van der Waals surface area contributed by atoms with Gasteiger partial charge in [0.1, 0.15) is 0 Å². The van der Waals surface area contributed by atoms with Crippen molar-refractivity contribution < 1.29 is 29.6 Å². The molecule has 0 spiro atoms. The zero-order valence-electron chi connectivity index (χ0n) is 38.2. The summed E-state index contributed by atoms with van der Waals surface area (Å²) in [6.07, 6.45) is -0.434. The average molecular weight is 1020 g/mol. The molecule has 0 amide bonds. The van der Waals surface area contributed by atoms with Crippen LogP contribution in [0.2, 0.25) is 0 Å². The van der Waals surface area contributed by atoms with Crippen molar-refractivity contribution in [2.24, 2.45) is 10.8 Å². The fourth-order valence-electron chi connectivity index (χ4n) is 8.85. The summed E-state index contributed by atoms with van der Waals surface area (Å²) in [6, 6.07) is 54.0. The summed E-state index contributed by atoms with van der Waals surface area (Å²) in [5.41, 5.74) is 8.98. The zero-order valence-corrected chi connectivity index (χ0v) is 40.5. The van der Waals surface area contributed by atoms with E-state index in [4.69, 9.17) is 0 Å². The number of fused-ring (bicyclic) bond motifs is 6. The quantitative estimate of drug-likeness (QED) is 0.117. The number of anilines is 2. The van der Waals surface area contributed by atoms with Crippen LogP contribution >= 0.6 is 0 Å². The first-order chi connectivity index (χ1) is 30.0. The van der Waals surface area contributed by atoms with E-state index >= 15 is 0 Å². The van der Waals surface area contributed by atoms with Crippen molar-refractivity contribution in [1.29, 1.82) is 0 Å². The van der Waals surface area contributed by atoms with Crippen LogP contribution in [0.5, 0.6) is 0 Å². The van der Waals surface area contributed by atoms with Crippen molar-refractivity contribution in [1.82, 2.24) is 18.8 Å². The van der Waals surface area contributed by atoms with Crippen molar-refractivity contribution in [3.8, 4) is 11.4 Å². The van der Waals surface area contributed by atoms with Crippen LogP contribution in [0.25, 0.3) is 55.0 Å². The molecule has 11 heteroatoms. The van der Waals surface area contributed by atoms with Crippen LogP contribution in [0.1, 0.15) is 48.0 Å². The van der Waals surface area contributed by atoms with E-state index in [-0.39, 0.29) is 24.6 Å². The Morgan fingerprint density at radius 2 is 0.857 bits per heavy atom. The molecule has 2 atom stereocenters.